The van der Waals surface area contributed by atoms with Crippen LogP contribution in [0.3, 0.4) is 0 Å². The van der Waals surface area contributed by atoms with Crippen LogP contribution in [0.25, 0.3) is 0 Å². The number of aliphatic hydroxyl groups is 1. The van der Waals surface area contributed by atoms with Gasteiger partial charge in [0.2, 0.25) is 17.7 Å². The molecule has 1 saturated heterocycles. The minimum atomic E-state index is -1.31. The third-order valence-electron chi connectivity index (χ3n) is 5.29. The molecule has 0 aliphatic carbocycles. The van der Waals surface area contributed by atoms with Crippen molar-refractivity contribution < 1.29 is 29.4 Å². The van der Waals surface area contributed by atoms with Crippen LogP contribution in [0.2, 0.25) is 0 Å². The van der Waals surface area contributed by atoms with Crippen molar-refractivity contribution in [2.45, 2.75) is 63.7 Å². The number of aromatic amines is 1. The number of likely N-dealkylation sites (tertiary alicyclic amines) is 1. The second-order valence-corrected chi connectivity index (χ2v) is 8.35. The van der Waals surface area contributed by atoms with E-state index in [2.05, 4.69) is 20.6 Å². The number of aliphatic hydroxyl groups excluding tert-OH is 1. The maximum absolute atomic E-state index is 13.1. The van der Waals surface area contributed by atoms with Crippen molar-refractivity contribution in [3.63, 3.8) is 0 Å². The first-order valence-corrected chi connectivity index (χ1v) is 10.6. The fourth-order valence-electron chi connectivity index (χ4n) is 3.66. The Morgan fingerprint density at radius 2 is 1.94 bits per heavy atom. The smallest absolute Gasteiger partial charge is 0.326 e. The van der Waals surface area contributed by atoms with E-state index in [1.807, 2.05) is 13.8 Å². The highest BCUT2D eigenvalue weighted by molar-refractivity contribution is 5.94. The van der Waals surface area contributed by atoms with Crippen LogP contribution in [-0.2, 0) is 25.6 Å². The molecule has 0 unspecified atom stereocenters. The largest absolute Gasteiger partial charge is 0.480 e. The number of aliphatic carboxylic acids is 1. The fourth-order valence-corrected chi connectivity index (χ4v) is 3.66. The van der Waals surface area contributed by atoms with Gasteiger partial charge in [0.25, 0.3) is 0 Å². The molecule has 7 N–H and O–H groups in total. The lowest BCUT2D eigenvalue weighted by Crippen LogP contribution is -2.58. The molecule has 3 amide bonds. The summed E-state index contributed by atoms with van der Waals surface area (Å²) in [6.45, 7) is 3.36. The van der Waals surface area contributed by atoms with E-state index in [-0.39, 0.29) is 18.9 Å². The van der Waals surface area contributed by atoms with E-state index in [9.17, 15) is 29.4 Å². The Hall–Kier alpha value is -2.99. The van der Waals surface area contributed by atoms with Gasteiger partial charge >= 0.3 is 5.97 Å². The van der Waals surface area contributed by atoms with Crippen LogP contribution in [0.15, 0.2) is 12.5 Å². The molecule has 4 atom stereocenters. The fraction of sp³-hybridized carbons (Fsp3) is 0.650. The SMILES string of the molecule is CC(C)C[C@H](N)C(=O)N[C@@H](CO)C(=O)N[C@@H](Cc1cnc[nH]1)C(=O)N1CCC[C@H]1C(=O)O. The second kappa shape index (κ2) is 11.6. The van der Waals surface area contributed by atoms with Gasteiger partial charge in [0.05, 0.1) is 19.0 Å². The van der Waals surface area contributed by atoms with Gasteiger partial charge in [-0.2, -0.15) is 0 Å². The molecule has 1 fully saturated rings. The number of rotatable bonds is 11. The average Bonchev–Trinajstić information content (AvgIpc) is 3.42. The maximum Gasteiger partial charge on any atom is 0.326 e. The summed E-state index contributed by atoms with van der Waals surface area (Å²) in [6.07, 6.45) is 4.21. The van der Waals surface area contributed by atoms with Gasteiger partial charge in [-0.1, -0.05) is 13.8 Å². The first-order valence-electron chi connectivity index (χ1n) is 10.6. The Labute approximate surface area is 185 Å². The standard InChI is InChI=1S/C20H32N6O6/c1-11(2)6-13(21)17(28)25-15(9-27)18(29)24-14(7-12-8-22-10-23-12)19(30)26-5-3-4-16(26)20(31)32/h8,10-11,13-16,27H,3-7,9,21H2,1-2H3,(H,22,23)(H,24,29)(H,25,28)(H,31,32)/t13-,14-,15-,16-/m0/s1. The zero-order chi connectivity index (χ0) is 23.8. The van der Waals surface area contributed by atoms with Gasteiger partial charge in [0.1, 0.15) is 18.1 Å². The second-order valence-electron chi connectivity index (χ2n) is 8.35. The molecule has 178 valence electrons. The quantitative estimate of drug-likeness (QED) is 0.230. The van der Waals surface area contributed by atoms with E-state index >= 15 is 0 Å². The van der Waals surface area contributed by atoms with E-state index in [0.717, 1.165) is 0 Å². The highest BCUT2D eigenvalue weighted by Gasteiger charge is 2.38. The van der Waals surface area contributed by atoms with Gasteiger partial charge in [0, 0.05) is 24.9 Å². The summed E-state index contributed by atoms with van der Waals surface area (Å²) in [4.78, 5) is 57.7. The van der Waals surface area contributed by atoms with Gasteiger partial charge < -0.3 is 36.5 Å². The summed E-state index contributed by atoms with van der Waals surface area (Å²) >= 11 is 0. The van der Waals surface area contributed by atoms with Crippen molar-refractivity contribution >= 4 is 23.7 Å². The maximum atomic E-state index is 13.1. The number of nitrogens with one attached hydrogen (secondary N) is 3. The third kappa shape index (κ3) is 6.76. The molecular weight excluding hydrogens is 420 g/mol. The Kier molecular flexibility index (Phi) is 9.14. The summed E-state index contributed by atoms with van der Waals surface area (Å²) in [5, 5.41) is 24.0. The summed E-state index contributed by atoms with van der Waals surface area (Å²) in [5.41, 5.74) is 6.39. The number of hydrogen-bond donors (Lipinski definition) is 6. The molecule has 1 aromatic rings. The lowest BCUT2D eigenvalue weighted by atomic mass is 10.0. The van der Waals surface area contributed by atoms with E-state index in [1.54, 1.807) is 0 Å². The van der Waals surface area contributed by atoms with Crippen LogP contribution in [-0.4, -0.2) is 86.1 Å². The zero-order valence-electron chi connectivity index (χ0n) is 18.3. The monoisotopic (exact) mass is 452 g/mol. The van der Waals surface area contributed by atoms with Crippen LogP contribution in [0, 0.1) is 5.92 Å². The lowest BCUT2D eigenvalue weighted by molar-refractivity contribution is -0.149. The normalized spacial score (nSPS) is 18.8. The van der Waals surface area contributed by atoms with Gasteiger partial charge in [-0.3, -0.25) is 14.4 Å². The number of carboxylic acid groups (broad SMARTS) is 1. The number of amides is 3. The number of imidazole rings is 1. The van der Waals surface area contributed by atoms with Crippen molar-refractivity contribution in [3.05, 3.63) is 18.2 Å². The predicted molar refractivity (Wildman–Crippen MR) is 113 cm³/mol. The molecule has 0 aromatic carbocycles. The topological polar surface area (TPSA) is 191 Å². The highest BCUT2D eigenvalue weighted by atomic mass is 16.4. The van der Waals surface area contributed by atoms with Gasteiger partial charge in [-0.05, 0) is 25.2 Å². The number of carbonyl (C=O) groups excluding carboxylic acids is 3. The zero-order valence-corrected chi connectivity index (χ0v) is 18.3. The summed E-state index contributed by atoms with van der Waals surface area (Å²) < 4.78 is 0. The van der Waals surface area contributed by atoms with Gasteiger partial charge in [0.15, 0.2) is 0 Å². The van der Waals surface area contributed by atoms with Gasteiger partial charge in [-0.15, -0.1) is 0 Å². The molecule has 0 spiro atoms. The van der Waals surface area contributed by atoms with Crippen molar-refractivity contribution in [2.75, 3.05) is 13.2 Å². The first kappa shape index (κ1) is 25.3. The number of nitrogens with zero attached hydrogens (tertiary/aromatic N) is 2. The minimum Gasteiger partial charge on any atom is -0.480 e. The van der Waals surface area contributed by atoms with E-state index in [1.165, 1.54) is 17.4 Å². The molecule has 32 heavy (non-hydrogen) atoms. The van der Waals surface area contributed by atoms with Crippen LogP contribution >= 0.6 is 0 Å². The van der Waals surface area contributed by atoms with E-state index in [0.29, 0.717) is 25.0 Å². The lowest BCUT2D eigenvalue weighted by Gasteiger charge is -2.28. The van der Waals surface area contributed by atoms with E-state index in [4.69, 9.17) is 5.73 Å². The molecular formula is C20H32N6O6. The van der Waals surface area contributed by atoms with Crippen LogP contribution in [0.5, 0.6) is 0 Å². The summed E-state index contributed by atoms with van der Waals surface area (Å²) in [6, 6.07) is -4.24. The number of carbonyl (C=O) groups is 4. The summed E-state index contributed by atoms with van der Waals surface area (Å²) in [7, 11) is 0. The van der Waals surface area contributed by atoms with Crippen LogP contribution < -0.4 is 16.4 Å². The minimum absolute atomic E-state index is 0.0341. The van der Waals surface area contributed by atoms with Crippen molar-refractivity contribution in [1.82, 2.24) is 25.5 Å². The highest BCUT2D eigenvalue weighted by Crippen LogP contribution is 2.19. The molecule has 0 radical (unpaired) electrons. The number of nitrogens with two attached hydrogens (primary N) is 1. The van der Waals surface area contributed by atoms with Crippen molar-refractivity contribution in [2.24, 2.45) is 11.7 Å². The molecule has 2 rings (SSSR count). The molecule has 1 aliphatic heterocycles. The number of aromatic nitrogens is 2. The molecule has 1 aliphatic rings. The summed E-state index contributed by atoms with van der Waals surface area (Å²) in [5.74, 6) is -2.87. The molecule has 1 aromatic heterocycles. The Bertz CT molecular complexity index is 799. The third-order valence-corrected chi connectivity index (χ3v) is 5.29. The van der Waals surface area contributed by atoms with Crippen LogP contribution in [0.4, 0.5) is 0 Å². The van der Waals surface area contributed by atoms with Gasteiger partial charge in [-0.25, -0.2) is 9.78 Å². The Morgan fingerprint density at radius 3 is 2.50 bits per heavy atom. The van der Waals surface area contributed by atoms with E-state index < -0.39 is 54.5 Å². The van der Waals surface area contributed by atoms with Crippen molar-refractivity contribution in [3.8, 4) is 0 Å². The molecule has 12 heteroatoms. The molecule has 0 bridgehead atoms. The Balaban J connectivity index is 2.13. The number of hydrogen-bond acceptors (Lipinski definition) is 7. The number of carboxylic acids is 1. The molecule has 12 nitrogen and oxygen atoms in total. The molecule has 0 saturated carbocycles. The Morgan fingerprint density at radius 1 is 1.25 bits per heavy atom. The van der Waals surface area contributed by atoms with Crippen LogP contribution in [0.1, 0.15) is 38.8 Å². The number of H-pyrrole nitrogens is 1. The van der Waals surface area contributed by atoms with Crippen molar-refractivity contribution in [1.29, 1.82) is 0 Å². The average molecular weight is 453 g/mol. The molecule has 2 heterocycles. The predicted octanol–water partition coefficient (Wildman–Crippen LogP) is -1.64. The first-order chi connectivity index (χ1) is 15.1.